The molecule has 4 rings (SSSR count). The van der Waals surface area contributed by atoms with Gasteiger partial charge in [0, 0.05) is 14.4 Å². The molecule has 3 aromatic rings. The molecule has 1 atom stereocenters. The second kappa shape index (κ2) is 9.42. The number of hydrogen-bond donors (Lipinski definition) is 1. The molecule has 2 aromatic carbocycles. The summed E-state index contributed by atoms with van der Waals surface area (Å²) in [5, 5.41) is 3.23. The Morgan fingerprint density at radius 2 is 1.81 bits per heavy atom. The topological polar surface area (TPSA) is 89.5 Å². The van der Waals surface area contributed by atoms with Gasteiger partial charge in [0.05, 0.1) is 6.04 Å². The van der Waals surface area contributed by atoms with Gasteiger partial charge in [0.1, 0.15) is 23.9 Å². The van der Waals surface area contributed by atoms with E-state index in [1.807, 2.05) is 68.4 Å². The Morgan fingerprint density at radius 1 is 1.06 bits per heavy atom. The number of rotatable bonds is 8. The highest BCUT2D eigenvalue weighted by atomic mass is 16.6. The van der Waals surface area contributed by atoms with Gasteiger partial charge in [-0.3, -0.25) is 0 Å². The maximum Gasteiger partial charge on any atom is 0.417 e. The normalized spacial score (nSPS) is 15.6. The minimum atomic E-state index is -0.417. The molecule has 0 aliphatic carbocycles. The van der Waals surface area contributed by atoms with Crippen molar-refractivity contribution < 1.29 is 15.7 Å². The quantitative estimate of drug-likeness (QED) is 0.558. The molecule has 1 aliphatic rings. The van der Waals surface area contributed by atoms with Crippen LogP contribution in [0.25, 0.3) is 0 Å². The van der Waals surface area contributed by atoms with Crippen molar-refractivity contribution in [1.82, 2.24) is 15.0 Å². The Labute approximate surface area is 182 Å². The van der Waals surface area contributed by atoms with Crippen molar-refractivity contribution in [2.75, 3.05) is 16.8 Å². The molecule has 1 amide bonds. The molecular weight excluding hydrogens is 394 g/mol. The fraction of sp³-hybridized carbons (Fsp3) is 0.304. The standard InChI is InChI=1S/C23H25N5O3.H2/c1-3-17-15-30-23(29)28(17)22-26-20(4-2)25-21(27-22)24-14-16-10-12-19(13-11-16)31-18-8-6-5-7-9-18;/h5-13,17H,3-4,14-15H2,1-2H3,(H,24,25,26,27);1H/t17-;/m0./s1. The van der Waals surface area contributed by atoms with E-state index in [1.54, 1.807) is 0 Å². The van der Waals surface area contributed by atoms with Gasteiger partial charge in [-0.2, -0.15) is 15.0 Å². The number of carbonyl (C=O) groups excluding carboxylic acids is 1. The van der Waals surface area contributed by atoms with Gasteiger partial charge in [-0.25, -0.2) is 9.69 Å². The van der Waals surface area contributed by atoms with Gasteiger partial charge in [0.25, 0.3) is 0 Å². The van der Waals surface area contributed by atoms with Crippen LogP contribution in [0.4, 0.5) is 16.7 Å². The zero-order valence-corrected chi connectivity index (χ0v) is 17.6. The number of cyclic esters (lactones) is 1. The predicted octanol–water partition coefficient (Wildman–Crippen LogP) is 4.82. The third-order valence-corrected chi connectivity index (χ3v) is 4.99. The number of aromatic nitrogens is 3. The Hall–Kier alpha value is -3.68. The van der Waals surface area contributed by atoms with Crippen molar-refractivity contribution in [3.8, 4) is 11.5 Å². The molecule has 0 unspecified atom stereocenters. The van der Waals surface area contributed by atoms with Crippen molar-refractivity contribution in [2.45, 2.75) is 39.3 Å². The van der Waals surface area contributed by atoms with Crippen molar-refractivity contribution in [3.63, 3.8) is 0 Å². The van der Waals surface area contributed by atoms with Gasteiger partial charge in [0.2, 0.25) is 11.9 Å². The lowest BCUT2D eigenvalue weighted by Gasteiger charge is -2.19. The predicted molar refractivity (Wildman–Crippen MR) is 120 cm³/mol. The molecule has 2 heterocycles. The number of aryl methyl sites for hydroxylation is 1. The first-order valence-electron chi connectivity index (χ1n) is 10.4. The number of hydrogen-bond acceptors (Lipinski definition) is 7. The van der Waals surface area contributed by atoms with Crippen LogP contribution in [-0.2, 0) is 17.7 Å². The average molecular weight is 422 g/mol. The van der Waals surface area contributed by atoms with E-state index >= 15 is 0 Å². The smallest absolute Gasteiger partial charge is 0.417 e. The van der Waals surface area contributed by atoms with Gasteiger partial charge in [0.15, 0.2) is 0 Å². The monoisotopic (exact) mass is 421 g/mol. The summed E-state index contributed by atoms with van der Waals surface area (Å²) in [5.74, 6) is 2.94. The molecule has 1 aromatic heterocycles. The Morgan fingerprint density at radius 3 is 2.52 bits per heavy atom. The van der Waals surface area contributed by atoms with Crippen LogP contribution >= 0.6 is 0 Å². The highest BCUT2D eigenvalue weighted by Crippen LogP contribution is 2.23. The van der Waals surface area contributed by atoms with Crippen LogP contribution in [0, 0.1) is 0 Å². The summed E-state index contributed by atoms with van der Waals surface area (Å²) in [6.07, 6.45) is 0.981. The highest BCUT2D eigenvalue weighted by Gasteiger charge is 2.35. The fourth-order valence-corrected chi connectivity index (χ4v) is 3.24. The van der Waals surface area contributed by atoms with Crippen LogP contribution in [0.1, 0.15) is 33.1 Å². The van der Waals surface area contributed by atoms with Crippen LogP contribution in [0.3, 0.4) is 0 Å². The number of carbonyl (C=O) groups is 1. The molecule has 0 bridgehead atoms. The van der Waals surface area contributed by atoms with E-state index in [2.05, 4.69) is 20.3 Å². The van der Waals surface area contributed by atoms with E-state index in [0.29, 0.717) is 37.3 Å². The molecule has 0 saturated carbocycles. The molecule has 1 fully saturated rings. The number of benzene rings is 2. The lowest BCUT2D eigenvalue weighted by atomic mass is 10.2. The lowest BCUT2D eigenvalue weighted by Crippen LogP contribution is -2.35. The Bertz CT molecular complexity index is 1030. The largest absolute Gasteiger partial charge is 0.457 e. The number of amides is 1. The molecular formula is C23H27N5O3. The van der Waals surface area contributed by atoms with E-state index < -0.39 is 6.09 Å². The number of ether oxygens (including phenoxy) is 2. The highest BCUT2D eigenvalue weighted by molar-refractivity contribution is 5.88. The van der Waals surface area contributed by atoms with E-state index in [-0.39, 0.29) is 7.47 Å². The average Bonchev–Trinajstić information content (AvgIpc) is 3.19. The number of nitrogens with zero attached hydrogens (tertiary/aromatic N) is 4. The maximum atomic E-state index is 12.2. The summed E-state index contributed by atoms with van der Waals surface area (Å²) in [7, 11) is 0. The fourth-order valence-electron chi connectivity index (χ4n) is 3.24. The van der Waals surface area contributed by atoms with Crippen LogP contribution in [-0.4, -0.2) is 33.7 Å². The summed E-state index contributed by atoms with van der Waals surface area (Å²) in [6.45, 7) is 4.85. The summed E-state index contributed by atoms with van der Waals surface area (Å²) >= 11 is 0. The summed E-state index contributed by atoms with van der Waals surface area (Å²) in [4.78, 5) is 27.0. The SMILES string of the molecule is CCc1nc(NCc2ccc(Oc3ccccc3)cc2)nc(N2C(=O)OC[C@@H]2CC)n1.[HH]. The molecule has 8 nitrogen and oxygen atoms in total. The maximum absolute atomic E-state index is 12.2. The molecule has 31 heavy (non-hydrogen) atoms. The summed E-state index contributed by atoms with van der Waals surface area (Å²) < 4.78 is 11.0. The Kier molecular flexibility index (Phi) is 6.26. The van der Waals surface area contributed by atoms with Crippen molar-refractivity contribution in [3.05, 3.63) is 66.0 Å². The van der Waals surface area contributed by atoms with Crippen molar-refractivity contribution in [2.24, 2.45) is 0 Å². The zero-order valence-electron chi connectivity index (χ0n) is 17.6. The zero-order chi connectivity index (χ0) is 21.6. The van der Waals surface area contributed by atoms with Crippen LogP contribution < -0.4 is 15.0 Å². The van der Waals surface area contributed by atoms with Crippen molar-refractivity contribution >= 4 is 18.0 Å². The molecule has 0 radical (unpaired) electrons. The molecule has 0 spiro atoms. The van der Waals surface area contributed by atoms with E-state index in [1.165, 1.54) is 4.90 Å². The number of anilines is 2. The van der Waals surface area contributed by atoms with Crippen molar-refractivity contribution in [1.29, 1.82) is 0 Å². The summed E-state index contributed by atoms with van der Waals surface area (Å²) in [6, 6.07) is 17.4. The van der Waals surface area contributed by atoms with Gasteiger partial charge in [-0.05, 0) is 36.2 Å². The first-order chi connectivity index (χ1) is 15.2. The van der Waals surface area contributed by atoms with Gasteiger partial charge >= 0.3 is 6.09 Å². The minimum Gasteiger partial charge on any atom is -0.457 e. The van der Waals surface area contributed by atoms with Gasteiger partial charge in [-0.15, -0.1) is 0 Å². The van der Waals surface area contributed by atoms with Gasteiger partial charge < -0.3 is 14.8 Å². The van der Waals surface area contributed by atoms with Crippen LogP contribution in [0.15, 0.2) is 54.6 Å². The molecule has 1 aliphatic heterocycles. The van der Waals surface area contributed by atoms with E-state index in [0.717, 1.165) is 23.5 Å². The molecule has 1 saturated heterocycles. The third kappa shape index (κ3) is 4.91. The Balaban J connectivity index is 0.00000289. The first-order valence-corrected chi connectivity index (χ1v) is 10.4. The third-order valence-electron chi connectivity index (χ3n) is 4.99. The van der Waals surface area contributed by atoms with Gasteiger partial charge in [-0.1, -0.05) is 44.2 Å². The lowest BCUT2D eigenvalue weighted by molar-refractivity contribution is 0.178. The molecule has 8 heteroatoms. The van der Waals surface area contributed by atoms with Crippen LogP contribution in [0.5, 0.6) is 11.5 Å². The first kappa shape index (κ1) is 20.6. The van der Waals surface area contributed by atoms with E-state index in [9.17, 15) is 4.79 Å². The second-order valence-corrected chi connectivity index (χ2v) is 7.15. The minimum absolute atomic E-state index is 0. The number of nitrogens with one attached hydrogen (secondary N) is 1. The second-order valence-electron chi connectivity index (χ2n) is 7.15. The molecule has 162 valence electrons. The van der Waals surface area contributed by atoms with Crippen LogP contribution in [0.2, 0.25) is 0 Å². The summed E-state index contributed by atoms with van der Waals surface area (Å²) in [5.41, 5.74) is 1.05. The number of para-hydroxylation sites is 1. The van der Waals surface area contributed by atoms with E-state index in [4.69, 9.17) is 9.47 Å². The molecule has 1 N–H and O–H groups in total.